The fourth-order valence-electron chi connectivity index (χ4n) is 5.53. The zero-order valence-electron chi connectivity index (χ0n) is 27.6. The van der Waals surface area contributed by atoms with Crippen molar-refractivity contribution >= 4 is 29.6 Å². The number of terminal acetylenes is 1. The van der Waals surface area contributed by atoms with Crippen LogP contribution in [0.5, 0.6) is 0 Å². The van der Waals surface area contributed by atoms with Crippen LogP contribution in [0.25, 0.3) is 0 Å². The van der Waals surface area contributed by atoms with Gasteiger partial charge in [0.25, 0.3) is 0 Å². The minimum Gasteiger partial charge on any atom is -0.480 e. The summed E-state index contributed by atoms with van der Waals surface area (Å²) in [5.74, 6) is -0.730. The number of nitrogens with zero attached hydrogens (tertiary/aromatic N) is 4. The molecule has 1 heterocycles. The van der Waals surface area contributed by atoms with E-state index in [2.05, 4.69) is 23.4 Å². The molecule has 2 rings (SSSR count). The predicted octanol–water partition coefficient (Wildman–Crippen LogP) is 1.10. The largest absolute Gasteiger partial charge is 0.480 e. The molecule has 0 aliphatic carbocycles. The van der Waals surface area contributed by atoms with Crippen LogP contribution in [0.2, 0.25) is 0 Å². The summed E-state index contributed by atoms with van der Waals surface area (Å²) in [6.45, 7) is 4.14. The molecule has 47 heavy (non-hydrogen) atoms. The molecule has 0 radical (unpaired) electrons. The van der Waals surface area contributed by atoms with Crippen LogP contribution in [0.3, 0.4) is 0 Å². The van der Waals surface area contributed by atoms with Crippen LogP contribution in [0, 0.1) is 12.3 Å². The molecule has 260 valence electrons. The number of hydrogen-bond donors (Lipinski definition) is 4. The zero-order valence-corrected chi connectivity index (χ0v) is 27.6. The Kier molecular flexibility index (Phi) is 18.3. The lowest BCUT2D eigenvalue weighted by Gasteiger charge is -2.35. The standard InChI is InChI=1S/C34H51N5O8/c1-3-28-9-11-29(12-10-28)8-6-4-5-7-15-35-31(41)14-13-30(40)27(2)39-22-20-37(25-33(44)45)18-16-36(24-32(42)43)17-19-38(21-23-39)26-34(46)47/h1,9-12,27H,4-8,13-26H2,2H3,(H,35,41)(H,42,43)(H,44,45)(H,46,47). The normalized spacial score (nSPS) is 16.7. The minimum atomic E-state index is -1.02. The van der Waals surface area contributed by atoms with Crippen LogP contribution < -0.4 is 5.32 Å². The fraction of sp³-hybridized carbons (Fsp3) is 0.618. The van der Waals surface area contributed by atoms with E-state index in [0.29, 0.717) is 58.9 Å². The molecule has 0 bridgehead atoms. The number of amides is 1. The molecule has 13 nitrogen and oxygen atoms in total. The summed E-state index contributed by atoms with van der Waals surface area (Å²) in [7, 11) is 0. The van der Waals surface area contributed by atoms with Crippen LogP contribution >= 0.6 is 0 Å². The third kappa shape index (κ3) is 17.1. The molecule has 0 saturated carbocycles. The van der Waals surface area contributed by atoms with Crippen molar-refractivity contribution in [1.82, 2.24) is 24.9 Å². The Morgan fingerprint density at radius 3 is 1.66 bits per heavy atom. The number of nitrogens with one attached hydrogen (secondary N) is 1. The van der Waals surface area contributed by atoms with Crippen molar-refractivity contribution in [1.29, 1.82) is 0 Å². The lowest BCUT2D eigenvalue weighted by Crippen LogP contribution is -2.51. The maximum atomic E-state index is 13.2. The van der Waals surface area contributed by atoms with Gasteiger partial charge >= 0.3 is 17.9 Å². The molecule has 13 heteroatoms. The van der Waals surface area contributed by atoms with Gasteiger partial charge in [-0.15, -0.1) is 6.42 Å². The van der Waals surface area contributed by atoms with Gasteiger partial charge in [-0.2, -0.15) is 0 Å². The van der Waals surface area contributed by atoms with Crippen molar-refractivity contribution in [2.24, 2.45) is 0 Å². The van der Waals surface area contributed by atoms with Crippen molar-refractivity contribution in [2.45, 2.75) is 57.9 Å². The van der Waals surface area contributed by atoms with Gasteiger partial charge in [-0.25, -0.2) is 0 Å². The summed E-state index contributed by atoms with van der Waals surface area (Å²) in [6.07, 6.45) is 10.5. The number of Topliss-reactive ketones (excluding diaryl/α,β-unsaturated/α-hetero) is 1. The number of unbranched alkanes of at least 4 members (excludes halogenated alkanes) is 3. The number of ketones is 1. The van der Waals surface area contributed by atoms with Crippen molar-refractivity contribution in [2.75, 3.05) is 78.5 Å². The van der Waals surface area contributed by atoms with Gasteiger partial charge in [-0.3, -0.25) is 43.6 Å². The van der Waals surface area contributed by atoms with Gasteiger partial charge in [-0.05, 0) is 43.9 Å². The molecule has 0 aromatic heterocycles. The first-order chi connectivity index (χ1) is 22.5. The summed E-state index contributed by atoms with van der Waals surface area (Å²) in [5.41, 5.74) is 2.13. The summed E-state index contributed by atoms with van der Waals surface area (Å²) < 4.78 is 0. The summed E-state index contributed by atoms with van der Waals surface area (Å²) in [4.78, 5) is 67.0. The molecule has 1 atom stereocenters. The highest BCUT2D eigenvalue weighted by Gasteiger charge is 2.25. The topological polar surface area (TPSA) is 171 Å². The van der Waals surface area contributed by atoms with Crippen molar-refractivity contribution in [3.05, 3.63) is 35.4 Å². The van der Waals surface area contributed by atoms with Crippen LogP contribution in [-0.2, 0) is 30.4 Å². The van der Waals surface area contributed by atoms with Crippen LogP contribution in [0.15, 0.2) is 24.3 Å². The Balaban J connectivity index is 1.84. The second-order valence-electron chi connectivity index (χ2n) is 12.0. The van der Waals surface area contributed by atoms with Gasteiger partial charge in [0.1, 0.15) is 5.78 Å². The first kappa shape index (κ1) is 39.3. The van der Waals surface area contributed by atoms with Crippen LogP contribution in [0.1, 0.15) is 56.6 Å². The summed E-state index contributed by atoms with van der Waals surface area (Å²) in [5, 5.41) is 31.0. The number of hydrogen-bond acceptors (Lipinski definition) is 9. The summed E-state index contributed by atoms with van der Waals surface area (Å²) in [6, 6.07) is 7.44. The zero-order chi connectivity index (χ0) is 34.6. The molecule has 1 amide bonds. The Morgan fingerprint density at radius 2 is 1.19 bits per heavy atom. The Bertz CT molecular complexity index is 1170. The van der Waals surface area contributed by atoms with Gasteiger partial charge in [0.15, 0.2) is 0 Å². The summed E-state index contributed by atoms with van der Waals surface area (Å²) >= 11 is 0. The van der Waals surface area contributed by atoms with Gasteiger partial charge in [-0.1, -0.05) is 30.9 Å². The van der Waals surface area contributed by atoms with E-state index in [9.17, 15) is 39.3 Å². The molecular formula is C34H51N5O8. The molecule has 1 aliphatic heterocycles. The van der Waals surface area contributed by atoms with E-state index < -0.39 is 23.9 Å². The number of aliphatic carboxylic acids is 3. The van der Waals surface area contributed by atoms with Crippen molar-refractivity contribution in [3.8, 4) is 12.3 Å². The van der Waals surface area contributed by atoms with Gasteiger partial charge < -0.3 is 20.6 Å². The molecule has 1 aliphatic rings. The fourth-order valence-corrected chi connectivity index (χ4v) is 5.53. The average molecular weight is 658 g/mol. The minimum absolute atomic E-state index is 0.0593. The highest BCUT2D eigenvalue weighted by Crippen LogP contribution is 2.11. The van der Waals surface area contributed by atoms with Gasteiger partial charge in [0.2, 0.25) is 5.91 Å². The maximum absolute atomic E-state index is 13.2. The van der Waals surface area contributed by atoms with Crippen molar-refractivity contribution in [3.63, 3.8) is 0 Å². The molecule has 1 fully saturated rings. The number of carboxylic acids is 3. The predicted molar refractivity (Wildman–Crippen MR) is 177 cm³/mol. The first-order valence-electron chi connectivity index (χ1n) is 16.4. The Hall–Kier alpha value is -3.83. The van der Waals surface area contributed by atoms with E-state index >= 15 is 0 Å². The number of carbonyl (C=O) groups is 5. The highest BCUT2D eigenvalue weighted by atomic mass is 16.4. The van der Waals surface area contributed by atoms with E-state index in [1.165, 1.54) is 5.56 Å². The van der Waals surface area contributed by atoms with E-state index in [0.717, 1.165) is 37.7 Å². The number of aryl methyl sites for hydroxylation is 1. The molecule has 1 unspecified atom stereocenters. The molecule has 1 aromatic rings. The first-order valence-corrected chi connectivity index (χ1v) is 16.4. The number of carboxylic acid groups (broad SMARTS) is 3. The molecule has 4 N–H and O–H groups in total. The Labute approximate surface area is 277 Å². The smallest absolute Gasteiger partial charge is 0.317 e. The van der Waals surface area contributed by atoms with Gasteiger partial charge in [0, 0.05) is 77.3 Å². The molecule has 0 spiro atoms. The lowest BCUT2D eigenvalue weighted by atomic mass is 10.0. The van der Waals surface area contributed by atoms with Crippen LogP contribution in [-0.4, -0.2) is 149 Å². The van der Waals surface area contributed by atoms with E-state index in [1.807, 2.05) is 17.0 Å². The molecule has 1 aromatic carbocycles. The quantitative estimate of drug-likeness (QED) is 0.131. The molecule has 1 saturated heterocycles. The van der Waals surface area contributed by atoms with Crippen LogP contribution in [0.4, 0.5) is 0 Å². The second-order valence-corrected chi connectivity index (χ2v) is 12.0. The van der Waals surface area contributed by atoms with E-state index in [4.69, 9.17) is 6.42 Å². The lowest BCUT2D eigenvalue weighted by molar-refractivity contribution is -0.140. The third-order valence-corrected chi connectivity index (χ3v) is 8.40. The number of rotatable bonds is 18. The molecular weight excluding hydrogens is 606 g/mol. The van der Waals surface area contributed by atoms with Gasteiger partial charge in [0.05, 0.1) is 25.7 Å². The third-order valence-electron chi connectivity index (χ3n) is 8.40. The van der Waals surface area contributed by atoms with Crippen molar-refractivity contribution < 1.29 is 39.3 Å². The van der Waals surface area contributed by atoms with E-state index in [1.54, 1.807) is 21.6 Å². The highest BCUT2D eigenvalue weighted by molar-refractivity contribution is 5.88. The second kappa shape index (κ2) is 21.9. The number of carbonyl (C=O) groups excluding carboxylic acids is 2. The average Bonchev–Trinajstić information content (AvgIpc) is 3.02. The van der Waals surface area contributed by atoms with E-state index in [-0.39, 0.29) is 44.2 Å². The number of benzene rings is 1. The maximum Gasteiger partial charge on any atom is 0.317 e. The Morgan fingerprint density at radius 1 is 0.723 bits per heavy atom. The SMILES string of the molecule is C#Cc1ccc(CCCCCCNC(=O)CCC(=O)C(C)N2CCN(CC(=O)O)CCN(CC(=O)O)CCN(CC(=O)O)CC2)cc1. The monoisotopic (exact) mass is 657 g/mol.